The van der Waals surface area contributed by atoms with E-state index < -0.39 is 6.04 Å². The summed E-state index contributed by atoms with van der Waals surface area (Å²) in [7, 11) is 1.35. The van der Waals surface area contributed by atoms with Crippen molar-refractivity contribution in [2.75, 3.05) is 20.3 Å². The summed E-state index contributed by atoms with van der Waals surface area (Å²) in [5, 5.41) is 12.0. The highest BCUT2D eigenvalue weighted by molar-refractivity contribution is 5.75. The van der Waals surface area contributed by atoms with Crippen molar-refractivity contribution in [2.24, 2.45) is 0 Å². The molecule has 1 aromatic rings. The van der Waals surface area contributed by atoms with Gasteiger partial charge in [-0.15, -0.1) is 0 Å². The Morgan fingerprint density at radius 3 is 2.89 bits per heavy atom. The van der Waals surface area contributed by atoms with Crippen molar-refractivity contribution in [3.63, 3.8) is 0 Å². The van der Waals surface area contributed by atoms with Gasteiger partial charge >= 0.3 is 5.97 Å². The van der Waals surface area contributed by atoms with Crippen molar-refractivity contribution >= 4 is 5.97 Å². The number of carbonyl (C=O) groups is 1. The molecule has 0 fully saturated rings. The molecule has 1 atom stereocenters. The monoisotopic (exact) mass is 253 g/mol. The van der Waals surface area contributed by atoms with E-state index in [0.29, 0.717) is 12.3 Å². The molecule has 0 aliphatic carbocycles. The number of hydrogen-bond acceptors (Lipinski definition) is 5. The quantitative estimate of drug-likeness (QED) is 0.700. The average Bonchev–Trinajstić information content (AvgIpc) is 2.42. The summed E-state index contributed by atoms with van der Waals surface area (Å²) in [5.41, 5.74) is 0.769. The van der Waals surface area contributed by atoms with Gasteiger partial charge in [-0.25, -0.2) is 0 Å². The highest BCUT2D eigenvalue weighted by Crippen LogP contribution is 2.13. The standard InChI is InChI=1S/C13H19NO4/c1-3-14-12(13(16)17-2)9-18-11-6-4-5-10(7-11)8-15/h4-7,12,14-15H,3,8-9H2,1-2H3. The van der Waals surface area contributed by atoms with Crippen molar-refractivity contribution in [3.05, 3.63) is 29.8 Å². The van der Waals surface area contributed by atoms with Crippen molar-refractivity contribution in [3.8, 4) is 5.75 Å². The van der Waals surface area contributed by atoms with Gasteiger partial charge in [0, 0.05) is 0 Å². The van der Waals surface area contributed by atoms with Crippen LogP contribution in [0.4, 0.5) is 0 Å². The van der Waals surface area contributed by atoms with Gasteiger partial charge in [0.25, 0.3) is 0 Å². The van der Waals surface area contributed by atoms with Gasteiger partial charge in [-0.05, 0) is 24.2 Å². The van der Waals surface area contributed by atoms with Gasteiger partial charge in [-0.1, -0.05) is 19.1 Å². The summed E-state index contributed by atoms with van der Waals surface area (Å²) in [6, 6.07) is 6.62. The van der Waals surface area contributed by atoms with Crippen LogP contribution in [0.25, 0.3) is 0 Å². The molecule has 1 rings (SSSR count). The van der Waals surface area contributed by atoms with E-state index in [4.69, 9.17) is 9.84 Å². The molecule has 2 N–H and O–H groups in total. The largest absolute Gasteiger partial charge is 0.491 e. The fourth-order valence-electron chi connectivity index (χ4n) is 1.51. The summed E-state index contributed by atoms with van der Waals surface area (Å²) in [6.07, 6.45) is 0. The van der Waals surface area contributed by atoms with Crippen LogP contribution in [-0.4, -0.2) is 37.4 Å². The summed E-state index contributed by atoms with van der Waals surface area (Å²) < 4.78 is 10.2. The topological polar surface area (TPSA) is 67.8 Å². The number of rotatable bonds is 7. The molecule has 0 saturated carbocycles. The van der Waals surface area contributed by atoms with Crippen LogP contribution in [0.5, 0.6) is 5.75 Å². The first-order chi connectivity index (χ1) is 8.71. The van der Waals surface area contributed by atoms with Crippen LogP contribution in [0.3, 0.4) is 0 Å². The van der Waals surface area contributed by atoms with Gasteiger partial charge < -0.3 is 19.9 Å². The molecule has 0 saturated heterocycles. The van der Waals surface area contributed by atoms with Crippen LogP contribution in [-0.2, 0) is 16.1 Å². The molecule has 5 heteroatoms. The van der Waals surface area contributed by atoms with E-state index in [1.807, 2.05) is 6.92 Å². The first-order valence-electron chi connectivity index (χ1n) is 5.85. The molecule has 0 aliphatic rings. The minimum absolute atomic E-state index is 0.0369. The molecule has 1 unspecified atom stereocenters. The third kappa shape index (κ3) is 4.35. The zero-order valence-electron chi connectivity index (χ0n) is 10.7. The van der Waals surface area contributed by atoms with E-state index in [2.05, 4.69) is 10.1 Å². The predicted octanol–water partition coefficient (Wildman–Crippen LogP) is 0.709. The van der Waals surface area contributed by atoms with Crippen LogP contribution >= 0.6 is 0 Å². The fraction of sp³-hybridized carbons (Fsp3) is 0.462. The smallest absolute Gasteiger partial charge is 0.326 e. The van der Waals surface area contributed by atoms with Gasteiger partial charge in [0.05, 0.1) is 13.7 Å². The molecule has 0 aromatic heterocycles. The second-order valence-electron chi connectivity index (χ2n) is 3.75. The molecule has 0 radical (unpaired) electrons. The zero-order chi connectivity index (χ0) is 13.4. The molecule has 0 spiro atoms. The summed E-state index contributed by atoms with van der Waals surface area (Å²) in [6.45, 7) is 2.71. The van der Waals surface area contributed by atoms with Crippen molar-refractivity contribution in [1.82, 2.24) is 5.32 Å². The van der Waals surface area contributed by atoms with Crippen molar-refractivity contribution < 1.29 is 19.4 Å². The number of ether oxygens (including phenoxy) is 2. The molecular weight excluding hydrogens is 234 g/mol. The Bertz CT molecular complexity index is 381. The molecule has 0 bridgehead atoms. The number of esters is 1. The lowest BCUT2D eigenvalue weighted by Gasteiger charge is -2.16. The minimum atomic E-state index is -0.488. The normalized spacial score (nSPS) is 11.9. The van der Waals surface area contributed by atoms with E-state index in [0.717, 1.165) is 5.56 Å². The SMILES string of the molecule is CCNC(COc1cccc(CO)c1)C(=O)OC. The third-order valence-corrected chi connectivity index (χ3v) is 2.43. The Balaban J connectivity index is 2.57. The second kappa shape index (κ2) is 7.68. The maximum absolute atomic E-state index is 11.4. The van der Waals surface area contributed by atoms with Gasteiger partial charge in [-0.3, -0.25) is 4.79 Å². The van der Waals surface area contributed by atoms with Gasteiger partial charge in [0.15, 0.2) is 0 Å². The Morgan fingerprint density at radius 2 is 2.28 bits per heavy atom. The lowest BCUT2D eigenvalue weighted by atomic mass is 10.2. The number of benzene rings is 1. The Kier molecular flexibility index (Phi) is 6.18. The van der Waals surface area contributed by atoms with Gasteiger partial charge in [0.2, 0.25) is 0 Å². The first-order valence-corrected chi connectivity index (χ1v) is 5.85. The van der Waals surface area contributed by atoms with Gasteiger partial charge in [-0.2, -0.15) is 0 Å². The molecule has 1 aromatic carbocycles. The van der Waals surface area contributed by atoms with Crippen molar-refractivity contribution in [1.29, 1.82) is 0 Å². The van der Waals surface area contributed by atoms with Crippen LogP contribution in [0, 0.1) is 0 Å². The maximum atomic E-state index is 11.4. The summed E-state index contributed by atoms with van der Waals surface area (Å²) >= 11 is 0. The lowest BCUT2D eigenvalue weighted by Crippen LogP contribution is -2.42. The highest BCUT2D eigenvalue weighted by Gasteiger charge is 2.18. The number of likely N-dealkylation sites (N-methyl/N-ethyl adjacent to an activating group) is 1. The number of aliphatic hydroxyl groups excluding tert-OH is 1. The fourth-order valence-corrected chi connectivity index (χ4v) is 1.51. The van der Waals surface area contributed by atoms with E-state index in [1.54, 1.807) is 24.3 Å². The summed E-state index contributed by atoms with van der Waals surface area (Å²) in [4.78, 5) is 11.4. The molecule has 5 nitrogen and oxygen atoms in total. The molecule has 0 amide bonds. The van der Waals surface area contributed by atoms with E-state index in [1.165, 1.54) is 7.11 Å². The van der Waals surface area contributed by atoms with Gasteiger partial charge in [0.1, 0.15) is 18.4 Å². The van der Waals surface area contributed by atoms with E-state index in [-0.39, 0.29) is 19.2 Å². The Labute approximate surface area is 107 Å². The van der Waals surface area contributed by atoms with Crippen LogP contribution in [0.15, 0.2) is 24.3 Å². The molecule has 100 valence electrons. The van der Waals surface area contributed by atoms with Crippen LogP contribution in [0.2, 0.25) is 0 Å². The Hall–Kier alpha value is -1.59. The average molecular weight is 253 g/mol. The van der Waals surface area contributed by atoms with E-state index in [9.17, 15) is 4.79 Å². The summed E-state index contributed by atoms with van der Waals surface area (Å²) in [5.74, 6) is 0.267. The third-order valence-electron chi connectivity index (χ3n) is 2.43. The molecule has 0 aliphatic heterocycles. The maximum Gasteiger partial charge on any atom is 0.326 e. The Morgan fingerprint density at radius 1 is 1.50 bits per heavy atom. The number of carbonyl (C=O) groups excluding carboxylic acids is 1. The highest BCUT2D eigenvalue weighted by atomic mass is 16.5. The predicted molar refractivity (Wildman–Crippen MR) is 67.3 cm³/mol. The number of nitrogens with one attached hydrogen (secondary N) is 1. The van der Waals surface area contributed by atoms with Crippen molar-refractivity contribution in [2.45, 2.75) is 19.6 Å². The number of hydrogen-bond donors (Lipinski definition) is 2. The zero-order valence-corrected chi connectivity index (χ0v) is 10.7. The lowest BCUT2D eigenvalue weighted by molar-refractivity contribution is -0.143. The number of aliphatic hydroxyl groups is 1. The van der Waals surface area contributed by atoms with E-state index >= 15 is 0 Å². The first kappa shape index (κ1) is 14.5. The molecule has 18 heavy (non-hydrogen) atoms. The molecule has 0 heterocycles. The number of methoxy groups -OCH3 is 1. The second-order valence-corrected chi connectivity index (χ2v) is 3.75. The van der Waals surface area contributed by atoms with Crippen LogP contribution in [0.1, 0.15) is 12.5 Å². The van der Waals surface area contributed by atoms with Crippen LogP contribution < -0.4 is 10.1 Å². The molecular formula is C13H19NO4. The minimum Gasteiger partial charge on any atom is -0.491 e.